The van der Waals surface area contributed by atoms with Crippen molar-refractivity contribution in [3.8, 4) is 0 Å². The maximum Gasteiger partial charge on any atom is 0.224 e. The number of hydrogen-bond acceptors (Lipinski definition) is 4. The number of pyridine rings is 1. The van der Waals surface area contributed by atoms with Gasteiger partial charge in [-0.1, -0.05) is 42.5 Å². The second-order valence-corrected chi connectivity index (χ2v) is 11.8. The molecule has 2 aromatic carbocycles. The molecule has 35 heavy (non-hydrogen) atoms. The lowest BCUT2D eigenvalue weighted by atomic mass is 9.49. The average Bonchev–Trinajstić information content (AvgIpc) is 3.13. The van der Waals surface area contributed by atoms with Crippen LogP contribution in [0.1, 0.15) is 62.1 Å². The molecule has 8 rings (SSSR count). The third-order valence-electron chi connectivity index (χ3n) is 9.20. The zero-order valence-electron chi connectivity index (χ0n) is 20.0. The minimum absolute atomic E-state index is 0.125. The number of aliphatic hydroxyl groups is 1. The number of fused-ring (bicyclic) bond motifs is 2. The van der Waals surface area contributed by atoms with E-state index in [9.17, 15) is 9.90 Å². The second-order valence-electron chi connectivity index (χ2n) is 11.8. The fraction of sp³-hybridized carbons (Fsp3) is 0.467. The largest absolute Gasteiger partial charge is 0.390 e. The van der Waals surface area contributed by atoms with Gasteiger partial charge in [0.2, 0.25) is 5.91 Å². The fourth-order valence-corrected chi connectivity index (χ4v) is 8.30. The van der Waals surface area contributed by atoms with E-state index in [-0.39, 0.29) is 17.4 Å². The molecule has 1 amide bonds. The minimum Gasteiger partial charge on any atom is -0.390 e. The van der Waals surface area contributed by atoms with Crippen molar-refractivity contribution in [1.82, 2.24) is 4.98 Å². The Hall–Kier alpha value is -2.92. The Balaban J connectivity index is 1.15. The summed E-state index contributed by atoms with van der Waals surface area (Å²) in [6.45, 7) is 0. The Morgan fingerprint density at radius 1 is 0.971 bits per heavy atom. The number of aromatic nitrogens is 1. The molecule has 0 radical (unpaired) electrons. The number of nitrogens with one attached hydrogen (secondary N) is 2. The van der Waals surface area contributed by atoms with Gasteiger partial charge in [-0.25, -0.2) is 4.98 Å². The van der Waals surface area contributed by atoms with Crippen LogP contribution in [0.3, 0.4) is 0 Å². The molecule has 0 aliphatic heterocycles. The van der Waals surface area contributed by atoms with Gasteiger partial charge in [-0.2, -0.15) is 0 Å². The number of amides is 1. The molecule has 5 aliphatic carbocycles. The number of nitrogens with zero attached hydrogens (tertiary/aromatic N) is 1. The summed E-state index contributed by atoms with van der Waals surface area (Å²) in [6.07, 6.45) is 8.62. The maximum atomic E-state index is 13.4. The van der Waals surface area contributed by atoms with Crippen molar-refractivity contribution < 1.29 is 9.90 Å². The number of hydrogen-bond donors (Lipinski definition) is 3. The van der Waals surface area contributed by atoms with Gasteiger partial charge < -0.3 is 15.7 Å². The molecular weight excluding hydrogens is 434 g/mol. The summed E-state index contributed by atoms with van der Waals surface area (Å²) in [6, 6.07) is 17.9. The van der Waals surface area contributed by atoms with Crippen LogP contribution in [0.15, 0.2) is 54.6 Å². The third kappa shape index (κ3) is 3.81. The van der Waals surface area contributed by atoms with Crippen molar-refractivity contribution >= 4 is 28.3 Å². The van der Waals surface area contributed by atoms with Gasteiger partial charge in [0, 0.05) is 24.3 Å². The summed E-state index contributed by atoms with van der Waals surface area (Å²) in [4.78, 5) is 18.2. The van der Waals surface area contributed by atoms with Crippen molar-refractivity contribution in [1.29, 1.82) is 0 Å². The molecule has 1 heterocycles. The van der Waals surface area contributed by atoms with Crippen molar-refractivity contribution in [2.75, 3.05) is 10.6 Å². The number of anilines is 2. The molecule has 4 saturated carbocycles. The Labute approximate surface area is 206 Å². The second kappa shape index (κ2) is 8.06. The highest BCUT2D eigenvalue weighted by Gasteiger charge is 2.51. The SMILES string of the molecule is O=C(CC12CC3CC(CC(C3)C1)C2)Nc1cc(NC2c3ccccc3CC2O)nc2ccccc12. The van der Waals surface area contributed by atoms with E-state index in [0.717, 1.165) is 39.9 Å². The maximum absolute atomic E-state index is 13.4. The molecule has 0 spiro atoms. The summed E-state index contributed by atoms with van der Waals surface area (Å²) in [5, 5.41) is 18.4. The Morgan fingerprint density at radius 2 is 1.66 bits per heavy atom. The molecule has 2 unspecified atom stereocenters. The summed E-state index contributed by atoms with van der Waals surface area (Å²) < 4.78 is 0. The lowest BCUT2D eigenvalue weighted by molar-refractivity contribution is -0.124. The molecule has 4 fully saturated rings. The van der Waals surface area contributed by atoms with E-state index in [1.54, 1.807) is 0 Å². The van der Waals surface area contributed by atoms with Crippen LogP contribution in [0.25, 0.3) is 10.9 Å². The van der Waals surface area contributed by atoms with Crippen LogP contribution in [0.4, 0.5) is 11.5 Å². The van der Waals surface area contributed by atoms with E-state index in [1.165, 1.54) is 44.1 Å². The van der Waals surface area contributed by atoms with Gasteiger partial charge in [0.05, 0.1) is 23.3 Å². The molecule has 0 saturated heterocycles. The summed E-state index contributed by atoms with van der Waals surface area (Å²) in [5.74, 6) is 3.32. The zero-order chi connectivity index (χ0) is 23.6. The van der Waals surface area contributed by atoms with Crippen molar-refractivity contribution in [3.05, 3.63) is 65.7 Å². The third-order valence-corrected chi connectivity index (χ3v) is 9.20. The first-order chi connectivity index (χ1) is 17.0. The van der Waals surface area contributed by atoms with Gasteiger partial charge in [-0.05, 0) is 78.9 Å². The van der Waals surface area contributed by atoms with E-state index in [1.807, 2.05) is 42.5 Å². The van der Waals surface area contributed by atoms with Crippen LogP contribution in [-0.4, -0.2) is 22.1 Å². The summed E-state index contributed by atoms with van der Waals surface area (Å²) in [5.41, 5.74) is 4.13. The highest BCUT2D eigenvalue weighted by Crippen LogP contribution is 2.61. The Bertz CT molecular complexity index is 1270. The highest BCUT2D eigenvalue weighted by atomic mass is 16.3. The highest BCUT2D eigenvalue weighted by molar-refractivity contribution is 6.02. The Morgan fingerprint density at radius 3 is 2.43 bits per heavy atom. The number of para-hydroxylation sites is 1. The van der Waals surface area contributed by atoms with E-state index in [0.29, 0.717) is 18.7 Å². The van der Waals surface area contributed by atoms with Gasteiger partial charge in [0.15, 0.2) is 0 Å². The van der Waals surface area contributed by atoms with Crippen LogP contribution in [0.5, 0.6) is 0 Å². The van der Waals surface area contributed by atoms with Crippen molar-refractivity contribution in [2.45, 2.75) is 63.5 Å². The lowest BCUT2D eigenvalue weighted by Gasteiger charge is -2.56. The summed E-state index contributed by atoms with van der Waals surface area (Å²) >= 11 is 0. The molecule has 5 aliphatic rings. The molecule has 180 valence electrons. The van der Waals surface area contributed by atoms with E-state index in [4.69, 9.17) is 4.98 Å². The minimum atomic E-state index is -0.505. The van der Waals surface area contributed by atoms with Crippen LogP contribution in [0.2, 0.25) is 0 Å². The predicted octanol–water partition coefficient (Wildman–Crippen LogP) is 5.85. The first kappa shape index (κ1) is 21.4. The topological polar surface area (TPSA) is 74.2 Å². The molecule has 1 aromatic heterocycles. The van der Waals surface area contributed by atoms with Gasteiger partial charge >= 0.3 is 0 Å². The normalized spacial score (nSPS) is 32.5. The molecule has 3 aromatic rings. The lowest BCUT2D eigenvalue weighted by Crippen LogP contribution is -2.47. The van der Waals surface area contributed by atoms with E-state index < -0.39 is 6.10 Å². The van der Waals surface area contributed by atoms with Crippen LogP contribution in [0, 0.1) is 23.2 Å². The van der Waals surface area contributed by atoms with Crippen molar-refractivity contribution in [3.63, 3.8) is 0 Å². The molecule has 4 bridgehead atoms. The standard InChI is InChI=1S/C30H33N3O2/c34-26-12-21-5-1-2-6-22(21)29(26)33-27-13-25(23-7-3-4-8-24(23)31-27)32-28(35)17-30-14-18-9-19(15-30)11-20(10-18)16-30/h1-8,13,18-20,26,29,34H,9-12,14-17H2,(H2,31,32,33,35). The van der Waals surface area contributed by atoms with Crippen LogP contribution < -0.4 is 10.6 Å². The average molecular weight is 468 g/mol. The Kier molecular flexibility index (Phi) is 4.92. The van der Waals surface area contributed by atoms with Crippen molar-refractivity contribution in [2.24, 2.45) is 23.2 Å². The number of benzene rings is 2. The molecule has 5 heteroatoms. The molecule has 3 N–H and O–H groups in total. The monoisotopic (exact) mass is 467 g/mol. The molecular formula is C30H33N3O2. The van der Waals surface area contributed by atoms with Crippen LogP contribution in [-0.2, 0) is 11.2 Å². The van der Waals surface area contributed by atoms with Crippen LogP contribution >= 0.6 is 0 Å². The number of aliphatic hydroxyl groups excluding tert-OH is 1. The van der Waals surface area contributed by atoms with Gasteiger partial charge in [-0.15, -0.1) is 0 Å². The predicted molar refractivity (Wildman–Crippen MR) is 138 cm³/mol. The molecule has 5 nitrogen and oxygen atoms in total. The number of carbonyl (C=O) groups is 1. The first-order valence-corrected chi connectivity index (χ1v) is 13.3. The van der Waals surface area contributed by atoms with E-state index in [2.05, 4.69) is 22.8 Å². The quantitative estimate of drug-likeness (QED) is 0.440. The smallest absolute Gasteiger partial charge is 0.224 e. The van der Waals surface area contributed by atoms with Gasteiger partial charge in [0.1, 0.15) is 5.82 Å². The fourth-order valence-electron chi connectivity index (χ4n) is 8.30. The van der Waals surface area contributed by atoms with Gasteiger partial charge in [0.25, 0.3) is 0 Å². The number of carbonyl (C=O) groups excluding carboxylic acids is 1. The molecule has 2 atom stereocenters. The van der Waals surface area contributed by atoms with E-state index >= 15 is 0 Å². The summed E-state index contributed by atoms with van der Waals surface area (Å²) in [7, 11) is 0. The first-order valence-electron chi connectivity index (χ1n) is 13.3. The number of rotatable bonds is 5. The van der Waals surface area contributed by atoms with Gasteiger partial charge in [-0.3, -0.25) is 4.79 Å². The zero-order valence-corrected chi connectivity index (χ0v) is 20.0.